The zero-order chi connectivity index (χ0) is 19.1. The van der Waals surface area contributed by atoms with Crippen molar-refractivity contribution in [1.82, 2.24) is 10.2 Å². The van der Waals surface area contributed by atoms with E-state index < -0.39 is 23.4 Å². The Labute approximate surface area is 152 Å². The van der Waals surface area contributed by atoms with E-state index in [2.05, 4.69) is 10.2 Å². The van der Waals surface area contributed by atoms with Gasteiger partial charge in [0.25, 0.3) is 5.56 Å². The van der Waals surface area contributed by atoms with Crippen molar-refractivity contribution in [2.75, 3.05) is 25.6 Å². The fourth-order valence-electron chi connectivity index (χ4n) is 3.83. The first-order valence-corrected chi connectivity index (χ1v) is 8.72. The average Bonchev–Trinajstić information content (AvgIpc) is 2.93. The quantitative estimate of drug-likeness (QED) is 0.717. The molecule has 140 valence electrons. The van der Waals surface area contributed by atoms with Crippen LogP contribution in [0.25, 0.3) is 0 Å². The second-order valence-electron chi connectivity index (χ2n) is 7.20. The molecule has 1 heterocycles. The number of benzene rings is 1. The summed E-state index contributed by atoms with van der Waals surface area (Å²) in [6.07, 6.45) is 0.177. The maximum Gasteiger partial charge on any atom is 0.312 e. The number of rotatable bonds is 4. The highest BCUT2D eigenvalue weighted by Crippen LogP contribution is 2.44. The molecule has 7 nitrogen and oxygen atoms in total. The van der Waals surface area contributed by atoms with Crippen molar-refractivity contribution in [3.05, 3.63) is 51.4 Å². The van der Waals surface area contributed by atoms with Gasteiger partial charge in [-0.1, -0.05) is 12.1 Å². The van der Waals surface area contributed by atoms with Crippen molar-refractivity contribution in [3.63, 3.8) is 0 Å². The van der Waals surface area contributed by atoms with Gasteiger partial charge in [-0.25, -0.2) is 0 Å². The second-order valence-corrected chi connectivity index (χ2v) is 7.20. The number of nitrogens with one attached hydrogen (secondary N) is 2. The molecule has 0 fully saturated rings. The van der Waals surface area contributed by atoms with Crippen LogP contribution in [0.15, 0.2) is 29.1 Å². The largest absolute Gasteiger partial charge is 0.466 e. The smallest absolute Gasteiger partial charge is 0.312 e. The Bertz CT molecular complexity index is 848. The Hall–Kier alpha value is -2.54. The lowest BCUT2D eigenvalue weighted by molar-refractivity contribution is -0.159. The summed E-state index contributed by atoms with van der Waals surface area (Å²) >= 11 is 0. The Morgan fingerprint density at radius 3 is 2.54 bits per heavy atom. The molecule has 0 bridgehead atoms. The molecule has 0 saturated heterocycles. The highest BCUT2D eigenvalue weighted by molar-refractivity contribution is 5.77. The molecule has 1 aliphatic rings. The van der Waals surface area contributed by atoms with Crippen LogP contribution in [-0.2, 0) is 16.0 Å². The Balaban J connectivity index is 2.16. The van der Waals surface area contributed by atoms with E-state index in [4.69, 9.17) is 4.74 Å². The number of fused-ring (bicyclic) bond motifs is 1. The van der Waals surface area contributed by atoms with Gasteiger partial charge >= 0.3 is 5.97 Å². The molecule has 1 aromatic heterocycles. The van der Waals surface area contributed by atoms with Crippen molar-refractivity contribution in [2.45, 2.75) is 31.8 Å². The number of aromatic nitrogens is 2. The number of hydrogen-bond acceptors (Lipinski definition) is 5. The molecule has 7 heteroatoms. The van der Waals surface area contributed by atoms with Gasteiger partial charge in [0.1, 0.15) is 0 Å². The van der Waals surface area contributed by atoms with Gasteiger partial charge in [0.2, 0.25) is 0 Å². The highest BCUT2D eigenvalue weighted by atomic mass is 16.5. The summed E-state index contributed by atoms with van der Waals surface area (Å²) in [6.45, 7) is 3.56. The van der Waals surface area contributed by atoms with E-state index in [-0.39, 0.29) is 18.6 Å². The molecule has 0 unspecified atom stereocenters. The normalized spacial score (nSPS) is 24.8. The summed E-state index contributed by atoms with van der Waals surface area (Å²) in [5.74, 6) is -1.94. The number of anilines is 1. The molecule has 2 aromatic rings. The van der Waals surface area contributed by atoms with Gasteiger partial charge in [-0.2, -0.15) is 0 Å². The third-order valence-electron chi connectivity index (χ3n) is 5.05. The van der Waals surface area contributed by atoms with E-state index in [1.807, 2.05) is 43.3 Å². The monoisotopic (exact) mass is 359 g/mol. The van der Waals surface area contributed by atoms with Crippen molar-refractivity contribution >= 4 is 11.7 Å². The highest BCUT2D eigenvalue weighted by Gasteiger charge is 2.51. The van der Waals surface area contributed by atoms with Crippen LogP contribution in [0, 0.1) is 5.92 Å². The lowest BCUT2D eigenvalue weighted by Crippen LogP contribution is -2.50. The lowest BCUT2D eigenvalue weighted by atomic mass is 9.66. The number of aromatic amines is 2. The van der Waals surface area contributed by atoms with Crippen LogP contribution >= 0.6 is 0 Å². The van der Waals surface area contributed by atoms with Crippen LogP contribution < -0.4 is 10.5 Å². The van der Waals surface area contributed by atoms with E-state index in [0.29, 0.717) is 11.3 Å². The number of aliphatic hydroxyl groups is 1. The lowest BCUT2D eigenvalue weighted by Gasteiger charge is -2.40. The third kappa shape index (κ3) is 3.03. The Morgan fingerprint density at radius 2 is 1.96 bits per heavy atom. The molecule has 1 aliphatic carbocycles. The molecule has 3 N–H and O–H groups in total. The second kappa shape index (κ2) is 6.64. The predicted octanol–water partition coefficient (Wildman–Crippen LogP) is 1.39. The maximum atomic E-state index is 12.7. The molecule has 3 atom stereocenters. The summed E-state index contributed by atoms with van der Waals surface area (Å²) in [5.41, 5.74) is 1.31. The first kappa shape index (κ1) is 18.3. The van der Waals surface area contributed by atoms with Gasteiger partial charge in [-0.3, -0.25) is 14.7 Å². The minimum atomic E-state index is -1.34. The topological polar surface area (TPSA) is 98.4 Å². The molecular formula is C19H25N3O4. The fourth-order valence-corrected chi connectivity index (χ4v) is 3.83. The Morgan fingerprint density at radius 1 is 1.31 bits per heavy atom. The molecule has 0 radical (unpaired) electrons. The summed E-state index contributed by atoms with van der Waals surface area (Å²) in [4.78, 5) is 27.1. The number of ether oxygens (including phenoxy) is 1. The summed E-state index contributed by atoms with van der Waals surface area (Å²) < 4.78 is 5.23. The summed E-state index contributed by atoms with van der Waals surface area (Å²) in [5, 5.41) is 16.4. The minimum Gasteiger partial charge on any atom is -0.466 e. The first-order valence-electron chi connectivity index (χ1n) is 8.72. The summed E-state index contributed by atoms with van der Waals surface area (Å²) in [6, 6.07) is 7.65. The van der Waals surface area contributed by atoms with E-state index in [1.165, 1.54) is 0 Å². The van der Waals surface area contributed by atoms with Gasteiger partial charge in [0, 0.05) is 43.4 Å². The molecule has 0 spiro atoms. The summed E-state index contributed by atoms with van der Waals surface area (Å²) in [7, 11) is 3.88. The Kier molecular flexibility index (Phi) is 4.66. The van der Waals surface area contributed by atoms with E-state index >= 15 is 0 Å². The van der Waals surface area contributed by atoms with Crippen molar-refractivity contribution < 1.29 is 14.6 Å². The molecular weight excluding hydrogens is 334 g/mol. The number of H-pyrrole nitrogens is 2. The molecule has 0 saturated carbocycles. The minimum absolute atomic E-state index is 0.177. The SMILES string of the molecule is CCOC(=O)[C@@H]1[C@H](c2ccc(N(C)C)cc2)c2c([nH][nH]c2=O)C[C@@]1(C)O. The zero-order valence-electron chi connectivity index (χ0n) is 15.5. The fraction of sp³-hybridized carbons (Fsp3) is 0.474. The van der Waals surface area contributed by atoms with Crippen molar-refractivity contribution in [1.29, 1.82) is 0 Å². The molecule has 0 aliphatic heterocycles. The molecule has 26 heavy (non-hydrogen) atoms. The number of esters is 1. The van der Waals surface area contributed by atoms with Crippen molar-refractivity contribution in [3.8, 4) is 0 Å². The zero-order valence-corrected chi connectivity index (χ0v) is 15.5. The molecule has 3 rings (SSSR count). The third-order valence-corrected chi connectivity index (χ3v) is 5.05. The van der Waals surface area contributed by atoms with Crippen LogP contribution in [-0.4, -0.2) is 47.6 Å². The van der Waals surface area contributed by atoms with Crippen LogP contribution in [0.3, 0.4) is 0 Å². The number of carbonyl (C=O) groups excluding carboxylic acids is 1. The average molecular weight is 359 g/mol. The number of carbonyl (C=O) groups is 1. The molecule has 0 amide bonds. The van der Waals surface area contributed by atoms with Gasteiger partial charge < -0.3 is 19.8 Å². The van der Waals surface area contributed by atoms with E-state index in [1.54, 1.807) is 13.8 Å². The van der Waals surface area contributed by atoms with E-state index in [0.717, 1.165) is 11.3 Å². The van der Waals surface area contributed by atoms with Crippen LogP contribution in [0.2, 0.25) is 0 Å². The van der Waals surface area contributed by atoms with Gasteiger partial charge in [-0.05, 0) is 31.5 Å². The predicted molar refractivity (Wildman–Crippen MR) is 98.5 cm³/mol. The van der Waals surface area contributed by atoms with Gasteiger partial charge in [0.15, 0.2) is 0 Å². The van der Waals surface area contributed by atoms with Crippen LogP contribution in [0.1, 0.15) is 36.6 Å². The van der Waals surface area contributed by atoms with Crippen LogP contribution in [0.5, 0.6) is 0 Å². The van der Waals surface area contributed by atoms with Crippen molar-refractivity contribution in [2.24, 2.45) is 5.92 Å². The first-order chi connectivity index (χ1) is 12.3. The standard InChI is InChI=1S/C19H25N3O4/c1-5-26-18(24)16-14(11-6-8-12(9-7-11)22(3)4)15-13(10-19(16,2)25)20-21-17(15)23/h6-9,14,16,25H,5,10H2,1-4H3,(H2,20,21,23)/t14-,16+,19-/m1/s1. The number of hydrogen-bond donors (Lipinski definition) is 3. The van der Waals surface area contributed by atoms with Gasteiger partial charge in [0.05, 0.1) is 18.1 Å². The van der Waals surface area contributed by atoms with Crippen LogP contribution in [0.4, 0.5) is 5.69 Å². The van der Waals surface area contributed by atoms with Gasteiger partial charge in [-0.15, -0.1) is 0 Å². The molecule has 1 aromatic carbocycles. The maximum absolute atomic E-state index is 12.7. The van der Waals surface area contributed by atoms with E-state index in [9.17, 15) is 14.7 Å². The number of nitrogens with zero attached hydrogens (tertiary/aromatic N) is 1.